The van der Waals surface area contributed by atoms with E-state index in [2.05, 4.69) is 19.9 Å². The minimum absolute atomic E-state index is 0.566. The third-order valence-corrected chi connectivity index (χ3v) is 2.05. The van der Waals surface area contributed by atoms with Gasteiger partial charge in [-0.25, -0.2) is 0 Å². The van der Waals surface area contributed by atoms with Crippen molar-refractivity contribution in [3.8, 4) is 0 Å². The molecule has 0 aliphatic heterocycles. The van der Waals surface area contributed by atoms with Crippen molar-refractivity contribution in [2.75, 3.05) is 11.8 Å². The Morgan fingerprint density at radius 1 is 1.17 bits per heavy atom. The first kappa shape index (κ1) is 12.1. The monoisotopic (exact) mass is 206 g/mol. The molecule has 0 amide bonds. The molecule has 2 heteroatoms. The summed E-state index contributed by atoms with van der Waals surface area (Å²) in [5.74, 6) is 1.17. The van der Waals surface area contributed by atoms with Crippen molar-refractivity contribution in [2.45, 2.75) is 26.7 Å². The molecule has 0 atom stereocenters. The van der Waals surface area contributed by atoms with E-state index < -0.39 is 0 Å². The van der Waals surface area contributed by atoms with Gasteiger partial charge in [-0.15, -0.1) is 23.2 Å². The number of alkyl halides is 2. The predicted octanol–water partition coefficient (Wildman–Crippen LogP) is 4.14. The molecule has 0 rings (SSSR count). The van der Waals surface area contributed by atoms with Crippen molar-refractivity contribution in [1.29, 1.82) is 0 Å². The van der Waals surface area contributed by atoms with Gasteiger partial charge < -0.3 is 0 Å². The molecule has 0 saturated heterocycles. The maximum Gasteiger partial charge on any atom is 0.0434 e. The Morgan fingerprint density at radius 3 is 2.25 bits per heavy atom. The molecule has 0 aromatic rings. The minimum Gasteiger partial charge on any atom is -0.122 e. The zero-order valence-electron chi connectivity index (χ0n) is 7.74. The summed E-state index contributed by atoms with van der Waals surface area (Å²) in [6.07, 6.45) is 6.31. The molecule has 0 nitrogen and oxygen atoms in total. The van der Waals surface area contributed by atoms with Crippen LogP contribution >= 0.6 is 23.2 Å². The van der Waals surface area contributed by atoms with Crippen LogP contribution in [0.3, 0.4) is 0 Å². The molecule has 0 saturated carbocycles. The predicted molar refractivity (Wildman–Crippen MR) is 58.2 cm³/mol. The number of halogens is 2. The van der Waals surface area contributed by atoms with Gasteiger partial charge in [0.1, 0.15) is 0 Å². The van der Waals surface area contributed by atoms with Crippen molar-refractivity contribution < 1.29 is 0 Å². The van der Waals surface area contributed by atoms with Gasteiger partial charge in [-0.3, -0.25) is 0 Å². The molecule has 0 N–H and O–H groups in total. The lowest BCUT2D eigenvalue weighted by molar-refractivity contribution is 0.966. The van der Waals surface area contributed by atoms with E-state index in [0.29, 0.717) is 11.8 Å². The highest BCUT2D eigenvalue weighted by molar-refractivity contribution is 6.20. The fraction of sp³-hybridized carbons (Fsp3) is 0.600. The van der Waals surface area contributed by atoms with Crippen LogP contribution in [-0.2, 0) is 0 Å². The van der Waals surface area contributed by atoms with E-state index in [4.69, 9.17) is 23.2 Å². The zero-order chi connectivity index (χ0) is 9.40. The maximum absolute atomic E-state index is 5.71. The average Bonchev–Trinajstić information content (AvgIpc) is 2.02. The van der Waals surface area contributed by atoms with Crippen molar-refractivity contribution in [3.63, 3.8) is 0 Å². The SMILES string of the molecule is CC(C)=CCC/C(=C/CCl)CCl. The van der Waals surface area contributed by atoms with Crippen LogP contribution < -0.4 is 0 Å². The summed E-state index contributed by atoms with van der Waals surface area (Å²) in [6, 6.07) is 0. The van der Waals surface area contributed by atoms with Crippen LogP contribution in [0.4, 0.5) is 0 Å². The second-order valence-electron chi connectivity index (χ2n) is 2.97. The van der Waals surface area contributed by atoms with Crippen molar-refractivity contribution in [1.82, 2.24) is 0 Å². The van der Waals surface area contributed by atoms with Crippen LogP contribution in [0.1, 0.15) is 26.7 Å². The first-order valence-electron chi connectivity index (χ1n) is 4.14. The summed E-state index contributed by atoms with van der Waals surface area (Å²) >= 11 is 11.3. The van der Waals surface area contributed by atoms with Crippen molar-refractivity contribution in [2.24, 2.45) is 0 Å². The normalized spacial score (nSPS) is 11.5. The summed E-state index contributed by atoms with van der Waals surface area (Å²) in [6.45, 7) is 4.21. The van der Waals surface area contributed by atoms with Gasteiger partial charge in [-0.05, 0) is 26.7 Å². The third kappa shape index (κ3) is 6.75. The van der Waals surface area contributed by atoms with Crippen LogP contribution in [0.2, 0.25) is 0 Å². The fourth-order valence-electron chi connectivity index (χ4n) is 0.879. The molecule has 0 heterocycles. The van der Waals surface area contributed by atoms with Gasteiger partial charge in [-0.2, -0.15) is 0 Å². The summed E-state index contributed by atoms with van der Waals surface area (Å²) in [5.41, 5.74) is 2.60. The fourth-order valence-corrected chi connectivity index (χ4v) is 1.34. The second kappa shape index (κ2) is 7.70. The first-order valence-corrected chi connectivity index (χ1v) is 5.20. The van der Waals surface area contributed by atoms with Crippen LogP contribution in [0.15, 0.2) is 23.3 Å². The first-order chi connectivity index (χ1) is 5.70. The van der Waals surface area contributed by atoms with Crippen LogP contribution in [0.25, 0.3) is 0 Å². The molecule has 0 fully saturated rings. The van der Waals surface area contributed by atoms with Gasteiger partial charge in [0, 0.05) is 11.8 Å². The van der Waals surface area contributed by atoms with E-state index in [1.54, 1.807) is 0 Å². The van der Waals surface area contributed by atoms with Gasteiger partial charge in [0.2, 0.25) is 0 Å². The molecule has 0 aliphatic carbocycles. The molecule has 0 aromatic carbocycles. The Hall–Kier alpha value is 0.0600. The molecule has 70 valence electrons. The molecule has 0 aliphatic rings. The highest BCUT2D eigenvalue weighted by atomic mass is 35.5. The van der Waals surface area contributed by atoms with Crippen LogP contribution in [0, 0.1) is 0 Å². The Labute approximate surface area is 85.3 Å². The van der Waals surface area contributed by atoms with Gasteiger partial charge in [-0.1, -0.05) is 23.3 Å². The Morgan fingerprint density at radius 2 is 1.83 bits per heavy atom. The molecule has 12 heavy (non-hydrogen) atoms. The Bertz CT molecular complexity index is 165. The standard InChI is InChI=1S/C10H16Cl2/c1-9(2)4-3-5-10(8-12)6-7-11/h4,6H,3,5,7-8H2,1-2H3/b10-6-. The highest BCUT2D eigenvalue weighted by Gasteiger charge is 1.92. The smallest absolute Gasteiger partial charge is 0.0434 e. The Kier molecular flexibility index (Phi) is 7.73. The van der Waals surface area contributed by atoms with Crippen LogP contribution in [0.5, 0.6) is 0 Å². The number of hydrogen-bond donors (Lipinski definition) is 0. The van der Waals surface area contributed by atoms with Crippen LogP contribution in [-0.4, -0.2) is 11.8 Å². The van der Waals surface area contributed by atoms with E-state index in [1.165, 1.54) is 11.1 Å². The van der Waals surface area contributed by atoms with Crippen molar-refractivity contribution in [3.05, 3.63) is 23.3 Å². The summed E-state index contributed by atoms with van der Waals surface area (Å²) in [4.78, 5) is 0. The van der Waals surface area contributed by atoms with E-state index >= 15 is 0 Å². The van der Waals surface area contributed by atoms with E-state index in [0.717, 1.165) is 12.8 Å². The molecule has 0 bridgehead atoms. The van der Waals surface area contributed by atoms with E-state index in [-0.39, 0.29) is 0 Å². The topological polar surface area (TPSA) is 0 Å². The zero-order valence-corrected chi connectivity index (χ0v) is 9.25. The lowest BCUT2D eigenvalue weighted by Gasteiger charge is -1.99. The summed E-state index contributed by atoms with van der Waals surface area (Å²) < 4.78 is 0. The van der Waals surface area contributed by atoms with E-state index in [9.17, 15) is 0 Å². The number of allylic oxidation sites excluding steroid dienone is 4. The average molecular weight is 207 g/mol. The highest BCUT2D eigenvalue weighted by Crippen LogP contribution is 2.09. The van der Waals surface area contributed by atoms with Gasteiger partial charge in [0.15, 0.2) is 0 Å². The molecule has 0 aromatic heterocycles. The number of rotatable bonds is 5. The summed E-state index contributed by atoms with van der Waals surface area (Å²) in [5, 5.41) is 0. The maximum atomic E-state index is 5.71. The summed E-state index contributed by atoms with van der Waals surface area (Å²) in [7, 11) is 0. The minimum atomic E-state index is 0.566. The molecule has 0 radical (unpaired) electrons. The van der Waals surface area contributed by atoms with Gasteiger partial charge in [0.25, 0.3) is 0 Å². The largest absolute Gasteiger partial charge is 0.122 e. The molecular weight excluding hydrogens is 191 g/mol. The lowest BCUT2D eigenvalue weighted by Crippen LogP contribution is -1.85. The third-order valence-electron chi connectivity index (χ3n) is 1.56. The number of hydrogen-bond acceptors (Lipinski definition) is 0. The van der Waals surface area contributed by atoms with Gasteiger partial charge >= 0.3 is 0 Å². The van der Waals surface area contributed by atoms with Crippen molar-refractivity contribution >= 4 is 23.2 Å². The molecular formula is C10H16Cl2. The van der Waals surface area contributed by atoms with Gasteiger partial charge in [0.05, 0.1) is 0 Å². The molecule has 0 spiro atoms. The quantitative estimate of drug-likeness (QED) is 0.469. The second-order valence-corrected chi connectivity index (χ2v) is 3.55. The molecule has 0 unspecified atom stereocenters. The van der Waals surface area contributed by atoms with E-state index in [1.807, 2.05) is 6.08 Å². The lowest BCUT2D eigenvalue weighted by atomic mass is 10.1. The Balaban J connectivity index is 3.74.